The predicted molar refractivity (Wildman–Crippen MR) is 98.7 cm³/mol. The van der Waals surface area contributed by atoms with Crippen LogP contribution in [-0.4, -0.2) is 0 Å². The van der Waals surface area contributed by atoms with Crippen LogP contribution in [0.15, 0.2) is 60.7 Å². The molecule has 0 N–H and O–H groups in total. The van der Waals surface area contributed by atoms with E-state index >= 15 is 0 Å². The largest absolute Gasteiger partial charge is 0.0654 e. The van der Waals surface area contributed by atoms with Crippen LogP contribution < -0.4 is 0 Å². The van der Waals surface area contributed by atoms with E-state index in [4.69, 9.17) is 0 Å². The molecule has 0 saturated heterocycles. The maximum atomic E-state index is 2.39. The molecule has 0 saturated carbocycles. The van der Waals surface area contributed by atoms with Crippen LogP contribution in [0.1, 0.15) is 57.6 Å². The van der Waals surface area contributed by atoms with E-state index in [9.17, 15) is 0 Å². The zero-order valence-electron chi connectivity index (χ0n) is 14.2. The Kier molecular flexibility index (Phi) is 6.00. The standard InChI is InChI=1S/C22H28/c1-4-5-16-22(2,3)18-21(20-14-10-7-11-15-20)17-19-12-8-6-9-13-19/h6-15,17H,4-5,16,18H2,1-3H3/b21-17-. The van der Waals surface area contributed by atoms with Crippen molar-refractivity contribution in [1.29, 1.82) is 0 Å². The van der Waals surface area contributed by atoms with Crippen molar-refractivity contribution in [3.63, 3.8) is 0 Å². The second-order valence-electron chi connectivity index (χ2n) is 6.89. The van der Waals surface area contributed by atoms with Crippen LogP contribution in [0.25, 0.3) is 11.6 Å². The Balaban J connectivity index is 2.29. The average molecular weight is 292 g/mol. The van der Waals surface area contributed by atoms with Crippen molar-refractivity contribution in [2.45, 2.75) is 46.5 Å². The number of benzene rings is 2. The molecule has 0 atom stereocenters. The third-order valence-electron chi connectivity index (χ3n) is 4.16. The predicted octanol–water partition coefficient (Wildman–Crippen LogP) is 6.83. The Labute approximate surface area is 135 Å². The summed E-state index contributed by atoms with van der Waals surface area (Å²) in [6, 6.07) is 21.5. The second kappa shape index (κ2) is 7.98. The van der Waals surface area contributed by atoms with E-state index in [1.54, 1.807) is 0 Å². The number of hydrogen-bond donors (Lipinski definition) is 0. The van der Waals surface area contributed by atoms with E-state index < -0.39 is 0 Å². The van der Waals surface area contributed by atoms with Crippen LogP contribution in [-0.2, 0) is 0 Å². The first kappa shape index (κ1) is 16.5. The summed E-state index contributed by atoms with van der Waals surface area (Å²) in [6.07, 6.45) is 7.32. The highest BCUT2D eigenvalue weighted by Crippen LogP contribution is 2.36. The quantitative estimate of drug-likeness (QED) is 0.490. The summed E-state index contributed by atoms with van der Waals surface area (Å²) in [5.41, 5.74) is 4.41. The van der Waals surface area contributed by atoms with Gasteiger partial charge in [-0.3, -0.25) is 0 Å². The van der Waals surface area contributed by atoms with E-state index in [1.807, 2.05) is 0 Å². The SMILES string of the molecule is CCCCC(C)(C)C/C(=C/c1ccccc1)c1ccccc1. The van der Waals surface area contributed by atoms with Crippen molar-refractivity contribution in [2.24, 2.45) is 5.41 Å². The zero-order chi connectivity index (χ0) is 15.8. The monoisotopic (exact) mass is 292 g/mol. The van der Waals surface area contributed by atoms with E-state index in [2.05, 4.69) is 87.5 Å². The van der Waals surface area contributed by atoms with Gasteiger partial charge in [0, 0.05) is 0 Å². The molecule has 0 heteroatoms. The number of hydrogen-bond acceptors (Lipinski definition) is 0. The van der Waals surface area contributed by atoms with Gasteiger partial charge in [-0.2, -0.15) is 0 Å². The van der Waals surface area contributed by atoms with Crippen LogP contribution in [0, 0.1) is 5.41 Å². The minimum absolute atomic E-state index is 0.340. The average Bonchev–Trinajstić information content (AvgIpc) is 2.54. The topological polar surface area (TPSA) is 0 Å². The first-order valence-electron chi connectivity index (χ1n) is 8.42. The van der Waals surface area contributed by atoms with Gasteiger partial charge in [0.25, 0.3) is 0 Å². The van der Waals surface area contributed by atoms with Crippen molar-refractivity contribution in [2.75, 3.05) is 0 Å². The van der Waals surface area contributed by atoms with Crippen molar-refractivity contribution in [3.05, 3.63) is 71.8 Å². The first-order valence-corrected chi connectivity index (χ1v) is 8.42. The summed E-state index contributed by atoms with van der Waals surface area (Å²) in [6.45, 7) is 7.06. The van der Waals surface area contributed by atoms with Crippen LogP contribution in [0.3, 0.4) is 0 Å². The molecule has 0 aromatic heterocycles. The molecule has 2 rings (SSSR count). The second-order valence-corrected chi connectivity index (χ2v) is 6.89. The zero-order valence-corrected chi connectivity index (χ0v) is 14.2. The van der Waals surface area contributed by atoms with Gasteiger partial charge in [0.1, 0.15) is 0 Å². The molecule has 116 valence electrons. The molecule has 0 aliphatic heterocycles. The molecule has 2 aromatic rings. The van der Waals surface area contributed by atoms with Gasteiger partial charge in [0.15, 0.2) is 0 Å². The fraction of sp³-hybridized carbons (Fsp3) is 0.364. The molecule has 0 aliphatic carbocycles. The Morgan fingerprint density at radius 2 is 1.50 bits per heavy atom. The van der Waals surface area contributed by atoms with Crippen molar-refractivity contribution in [3.8, 4) is 0 Å². The summed E-state index contributed by atoms with van der Waals surface area (Å²) >= 11 is 0. The smallest absolute Gasteiger partial charge is 0.0221 e. The lowest BCUT2D eigenvalue weighted by Gasteiger charge is -2.26. The van der Waals surface area contributed by atoms with E-state index in [0.29, 0.717) is 5.41 Å². The highest BCUT2D eigenvalue weighted by atomic mass is 14.2. The van der Waals surface area contributed by atoms with Gasteiger partial charge in [-0.15, -0.1) is 0 Å². The molecule has 0 radical (unpaired) electrons. The van der Waals surface area contributed by atoms with Gasteiger partial charge in [-0.25, -0.2) is 0 Å². The van der Waals surface area contributed by atoms with Gasteiger partial charge in [0.2, 0.25) is 0 Å². The van der Waals surface area contributed by atoms with Gasteiger partial charge < -0.3 is 0 Å². The van der Waals surface area contributed by atoms with E-state index in [0.717, 1.165) is 6.42 Å². The summed E-state index contributed by atoms with van der Waals surface area (Å²) in [7, 11) is 0. The maximum Gasteiger partial charge on any atom is -0.0221 e. The Morgan fingerprint density at radius 1 is 0.909 bits per heavy atom. The normalized spacial score (nSPS) is 12.4. The van der Waals surface area contributed by atoms with Crippen molar-refractivity contribution < 1.29 is 0 Å². The Morgan fingerprint density at radius 3 is 2.09 bits per heavy atom. The van der Waals surface area contributed by atoms with E-state index in [-0.39, 0.29) is 0 Å². The molecule has 0 heterocycles. The van der Waals surface area contributed by atoms with Crippen molar-refractivity contribution in [1.82, 2.24) is 0 Å². The Hall–Kier alpha value is -1.82. The minimum Gasteiger partial charge on any atom is -0.0654 e. The molecule has 22 heavy (non-hydrogen) atoms. The summed E-state index contributed by atoms with van der Waals surface area (Å²) < 4.78 is 0. The molecule has 0 aliphatic rings. The lowest BCUT2D eigenvalue weighted by molar-refractivity contribution is 0.333. The van der Waals surface area contributed by atoms with Gasteiger partial charge in [-0.1, -0.05) is 100 Å². The molecule has 0 nitrogen and oxygen atoms in total. The van der Waals surface area contributed by atoms with Crippen LogP contribution in [0.5, 0.6) is 0 Å². The summed E-state index contributed by atoms with van der Waals surface area (Å²) in [5.74, 6) is 0. The van der Waals surface area contributed by atoms with Gasteiger partial charge in [-0.05, 0) is 35.0 Å². The van der Waals surface area contributed by atoms with Crippen LogP contribution >= 0.6 is 0 Å². The molecule has 0 bridgehead atoms. The summed E-state index contributed by atoms with van der Waals surface area (Å²) in [4.78, 5) is 0. The molecule has 2 aromatic carbocycles. The third kappa shape index (κ3) is 5.18. The lowest BCUT2D eigenvalue weighted by atomic mass is 9.79. The van der Waals surface area contributed by atoms with E-state index in [1.165, 1.54) is 36.0 Å². The number of allylic oxidation sites excluding steroid dienone is 1. The van der Waals surface area contributed by atoms with Gasteiger partial charge >= 0.3 is 0 Å². The third-order valence-corrected chi connectivity index (χ3v) is 4.16. The number of unbranched alkanes of at least 4 members (excludes halogenated alkanes) is 1. The van der Waals surface area contributed by atoms with Crippen LogP contribution in [0.2, 0.25) is 0 Å². The fourth-order valence-corrected chi connectivity index (χ4v) is 2.90. The highest BCUT2D eigenvalue weighted by Gasteiger charge is 2.19. The first-order chi connectivity index (χ1) is 10.6. The van der Waals surface area contributed by atoms with Crippen LogP contribution in [0.4, 0.5) is 0 Å². The van der Waals surface area contributed by atoms with Crippen molar-refractivity contribution >= 4 is 11.6 Å². The molecular weight excluding hydrogens is 264 g/mol. The fourth-order valence-electron chi connectivity index (χ4n) is 2.90. The highest BCUT2D eigenvalue weighted by molar-refractivity contribution is 5.81. The minimum atomic E-state index is 0.340. The Bertz CT molecular complexity index is 576. The number of rotatable bonds is 7. The maximum absolute atomic E-state index is 2.39. The molecular formula is C22H28. The molecule has 0 spiro atoms. The lowest BCUT2D eigenvalue weighted by Crippen LogP contribution is -2.12. The van der Waals surface area contributed by atoms with Gasteiger partial charge in [0.05, 0.1) is 0 Å². The molecule has 0 amide bonds. The summed E-state index contributed by atoms with van der Waals surface area (Å²) in [5, 5.41) is 0. The molecule has 0 unspecified atom stereocenters. The molecule has 0 fully saturated rings.